The first-order chi connectivity index (χ1) is 13.9. The molecule has 0 fully saturated rings. The van der Waals surface area contributed by atoms with Crippen LogP contribution in [-0.2, 0) is 10.4 Å². The highest BCUT2D eigenvalue weighted by Gasteiger charge is 2.28. The Labute approximate surface area is 169 Å². The minimum Gasteiger partial charge on any atom is -0.383 e. The van der Waals surface area contributed by atoms with E-state index in [2.05, 4.69) is 5.32 Å². The predicted octanol–water partition coefficient (Wildman–Crippen LogP) is 4.51. The van der Waals surface area contributed by atoms with Gasteiger partial charge in [-0.25, -0.2) is 8.78 Å². The van der Waals surface area contributed by atoms with E-state index >= 15 is 0 Å². The van der Waals surface area contributed by atoms with Gasteiger partial charge in [0.25, 0.3) is 0 Å². The number of rotatable bonds is 7. The van der Waals surface area contributed by atoms with Gasteiger partial charge in [-0.3, -0.25) is 4.79 Å². The van der Waals surface area contributed by atoms with Crippen LogP contribution in [0.25, 0.3) is 0 Å². The van der Waals surface area contributed by atoms with E-state index in [0.717, 1.165) is 17.2 Å². The van der Waals surface area contributed by atoms with E-state index in [0.29, 0.717) is 6.07 Å². The van der Waals surface area contributed by atoms with E-state index in [-0.39, 0.29) is 30.4 Å². The normalized spacial score (nSPS) is 13.1. The number of hydrogen-bond donors (Lipinski definition) is 2. The van der Waals surface area contributed by atoms with E-state index in [9.17, 15) is 18.7 Å². The highest BCUT2D eigenvalue weighted by molar-refractivity contribution is 5.77. The molecule has 0 bridgehead atoms. The lowest BCUT2D eigenvalue weighted by Gasteiger charge is -2.25. The van der Waals surface area contributed by atoms with Crippen molar-refractivity contribution in [1.29, 1.82) is 0 Å². The highest BCUT2D eigenvalue weighted by atomic mass is 19.1. The van der Waals surface area contributed by atoms with Gasteiger partial charge in [0.2, 0.25) is 5.91 Å². The zero-order valence-electron chi connectivity index (χ0n) is 16.1. The lowest BCUT2D eigenvalue weighted by Crippen LogP contribution is -2.39. The average molecular weight is 395 g/mol. The number of amides is 1. The number of carbonyl (C=O) groups excluding carboxylic acids is 1. The summed E-state index contributed by atoms with van der Waals surface area (Å²) in [4.78, 5) is 12.6. The summed E-state index contributed by atoms with van der Waals surface area (Å²) >= 11 is 0. The third-order valence-electron chi connectivity index (χ3n) is 4.93. The Morgan fingerprint density at radius 1 is 0.966 bits per heavy atom. The summed E-state index contributed by atoms with van der Waals surface area (Å²) in [5.74, 6) is -1.99. The zero-order chi connectivity index (χ0) is 20.9. The van der Waals surface area contributed by atoms with Gasteiger partial charge < -0.3 is 10.4 Å². The Balaban J connectivity index is 1.72. The maximum absolute atomic E-state index is 14.0. The van der Waals surface area contributed by atoms with Crippen LogP contribution in [0.3, 0.4) is 0 Å². The van der Waals surface area contributed by atoms with Crippen LogP contribution in [0.1, 0.15) is 36.0 Å². The summed E-state index contributed by atoms with van der Waals surface area (Å²) in [5.41, 5.74) is 0.278. The largest absolute Gasteiger partial charge is 0.383 e. The predicted molar refractivity (Wildman–Crippen MR) is 108 cm³/mol. The van der Waals surface area contributed by atoms with Gasteiger partial charge in [0, 0.05) is 24.0 Å². The molecule has 150 valence electrons. The van der Waals surface area contributed by atoms with Gasteiger partial charge in [-0.2, -0.15) is 0 Å². The summed E-state index contributed by atoms with van der Waals surface area (Å²) in [6.07, 6.45) is 0.177. The zero-order valence-corrected chi connectivity index (χ0v) is 16.1. The average Bonchev–Trinajstić information content (AvgIpc) is 2.71. The quantitative estimate of drug-likeness (QED) is 0.618. The first-order valence-electron chi connectivity index (χ1n) is 9.41. The Morgan fingerprint density at radius 3 is 2.03 bits per heavy atom. The van der Waals surface area contributed by atoms with Crippen LogP contribution in [0.5, 0.6) is 0 Å². The number of hydrogen-bond acceptors (Lipinski definition) is 2. The summed E-state index contributed by atoms with van der Waals surface area (Å²) in [5, 5.41) is 13.3. The molecular formula is C24H23F2NO2. The number of halogens is 2. The summed E-state index contributed by atoms with van der Waals surface area (Å²) in [7, 11) is 0. The third kappa shape index (κ3) is 5.27. The molecule has 1 atom stereocenters. The van der Waals surface area contributed by atoms with Crippen LogP contribution >= 0.6 is 0 Å². The van der Waals surface area contributed by atoms with Crippen molar-refractivity contribution in [2.45, 2.75) is 24.9 Å². The summed E-state index contributed by atoms with van der Waals surface area (Å²) in [6.45, 7) is 1.19. The molecule has 3 rings (SSSR count). The van der Waals surface area contributed by atoms with Crippen molar-refractivity contribution in [3.8, 4) is 0 Å². The van der Waals surface area contributed by atoms with Crippen molar-refractivity contribution in [2.75, 3.05) is 6.54 Å². The Hall–Kier alpha value is -3.05. The lowest BCUT2D eigenvalue weighted by atomic mass is 9.88. The van der Waals surface area contributed by atoms with E-state index in [1.54, 1.807) is 0 Å². The molecular weight excluding hydrogens is 372 g/mol. The van der Waals surface area contributed by atoms with Gasteiger partial charge >= 0.3 is 0 Å². The van der Waals surface area contributed by atoms with Crippen LogP contribution in [0.2, 0.25) is 0 Å². The molecule has 1 amide bonds. The van der Waals surface area contributed by atoms with Crippen molar-refractivity contribution in [1.82, 2.24) is 5.32 Å². The highest BCUT2D eigenvalue weighted by Crippen LogP contribution is 2.28. The number of aliphatic hydroxyl groups is 1. The van der Waals surface area contributed by atoms with Crippen molar-refractivity contribution >= 4 is 5.91 Å². The molecule has 0 aromatic heterocycles. The summed E-state index contributed by atoms with van der Waals surface area (Å²) < 4.78 is 27.1. The molecule has 0 saturated heterocycles. The van der Waals surface area contributed by atoms with Gasteiger partial charge in [0.05, 0.1) is 6.54 Å². The molecule has 3 nitrogen and oxygen atoms in total. The Bertz CT molecular complexity index is 920. The van der Waals surface area contributed by atoms with E-state index in [1.165, 1.54) is 13.0 Å². The van der Waals surface area contributed by atoms with Gasteiger partial charge in [0.15, 0.2) is 0 Å². The Kier molecular flexibility index (Phi) is 6.39. The van der Waals surface area contributed by atoms with Crippen LogP contribution in [0.15, 0.2) is 78.9 Å². The van der Waals surface area contributed by atoms with E-state index in [1.807, 2.05) is 60.7 Å². The first kappa shape index (κ1) is 20.7. The summed E-state index contributed by atoms with van der Waals surface area (Å²) in [6, 6.07) is 22.4. The van der Waals surface area contributed by atoms with Gasteiger partial charge in [-0.05, 0) is 24.1 Å². The molecule has 0 spiro atoms. The first-order valence-corrected chi connectivity index (χ1v) is 9.41. The molecule has 3 aromatic carbocycles. The van der Waals surface area contributed by atoms with Crippen molar-refractivity contribution in [2.24, 2.45) is 0 Å². The maximum atomic E-state index is 14.0. The Morgan fingerprint density at radius 2 is 1.52 bits per heavy atom. The van der Waals surface area contributed by atoms with E-state index in [4.69, 9.17) is 0 Å². The second-order valence-electron chi connectivity index (χ2n) is 7.25. The van der Waals surface area contributed by atoms with E-state index < -0.39 is 17.2 Å². The number of carbonyl (C=O) groups is 1. The molecule has 0 aliphatic heterocycles. The molecule has 2 N–H and O–H groups in total. The van der Waals surface area contributed by atoms with Crippen LogP contribution < -0.4 is 5.32 Å². The van der Waals surface area contributed by atoms with Crippen LogP contribution in [-0.4, -0.2) is 17.6 Å². The van der Waals surface area contributed by atoms with Gasteiger partial charge in [-0.15, -0.1) is 0 Å². The molecule has 0 radical (unpaired) electrons. The smallest absolute Gasteiger partial charge is 0.221 e. The number of nitrogens with one attached hydrogen (secondary N) is 1. The third-order valence-corrected chi connectivity index (χ3v) is 4.93. The molecule has 0 aliphatic carbocycles. The fraction of sp³-hybridized carbons (Fsp3) is 0.208. The van der Waals surface area contributed by atoms with Gasteiger partial charge in [0.1, 0.15) is 17.2 Å². The second kappa shape index (κ2) is 8.97. The molecule has 5 heteroatoms. The molecule has 0 heterocycles. The number of benzene rings is 3. The lowest BCUT2D eigenvalue weighted by molar-refractivity contribution is -0.122. The standard InChI is InChI=1S/C24H23F2NO2/c1-24(29,21-13-12-19(25)14-22(21)26)16-27-23(28)15-20(17-8-4-2-5-9-17)18-10-6-3-7-11-18/h2-14,20,29H,15-16H2,1H3,(H,27,28). The minimum absolute atomic E-state index is 0.0677. The molecule has 3 aromatic rings. The molecule has 1 unspecified atom stereocenters. The fourth-order valence-corrected chi connectivity index (χ4v) is 3.35. The monoisotopic (exact) mass is 395 g/mol. The molecule has 29 heavy (non-hydrogen) atoms. The molecule has 0 saturated carbocycles. The second-order valence-corrected chi connectivity index (χ2v) is 7.25. The fourth-order valence-electron chi connectivity index (χ4n) is 3.35. The van der Waals surface area contributed by atoms with Crippen LogP contribution in [0.4, 0.5) is 8.78 Å². The maximum Gasteiger partial charge on any atom is 0.221 e. The minimum atomic E-state index is -1.66. The van der Waals surface area contributed by atoms with Gasteiger partial charge in [-0.1, -0.05) is 66.7 Å². The van der Waals surface area contributed by atoms with Crippen molar-refractivity contribution in [3.05, 3.63) is 107 Å². The molecule has 0 aliphatic rings. The topological polar surface area (TPSA) is 49.3 Å². The van der Waals surface area contributed by atoms with Crippen molar-refractivity contribution < 1.29 is 18.7 Å². The van der Waals surface area contributed by atoms with Crippen LogP contribution in [0, 0.1) is 11.6 Å². The SMILES string of the molecule is CC(O)(CNC(=O)CC(c1ccccc1)c1ccccc1)c1ccc(F)cc1F. The van der Waals surface area contributed by atoms with Crippen molar-refractivity contribution in [3.63, 3.8) is 0 Å².